The maximum Gasteiger partial charge on any atom is 0.317 e. The number of nitrogens with one attached hydrogen (secondary N) is 1. The molecule has 2 aliphatic rings. The summed E-state index contributed by atoms with van der Waals surface area (Å²) >= 11 is 0. The molecule has 1 N–H and O–H groups in total. The Morgan fingerprint density at radius 3 is 2.88 bits per heavy atom. The fourth-order valence-electron chi connectivity index (χ4n) is 3.16. The molecule has 26 heavy (non-hydrogen) atoms. The number of hydrogen-bond donors (Lipinski definition) is 1. The molecular formula is C19H24N4O3. The minimum absolute atomic E-state index is 0.0841. The first-order valence-electron chi connectivity index (χ1n) is 9.04. The van der Waals surface area contributed by atoms with E-state index in [-0.39, 0.29) is 12.1 Å². The van der Waals surface area contributed by atoms with Gasteiger partial charge in [0.15, 0.2) is 11.5 Å². The zero-order valence-corrected chi connectivity index (χ0v) is 15.1. The van der Waals surface area contributed by atoms with E-state index in [2.05, 4.69) is 14.9 Å². The third kappa shape index (κ3) is 3.34. The van der Waals surface area contributed by atoms with E-state index >= 15 is 0 Å². The molecule has 2 heterocycles. The summed E-state index contributed by atoms with van der Waals surface area (Å²) in [6.07, 6.45) is 6.06. The van der Waals surface area contributed by atoms with Gasteiger partial charge in [-0.3, -0.25) is 0 Å². The number of hydrogen-bond acceptors (Lipinski definition) is 4. The third-order valence-corrected chi connectivity index (χ3v) is 5.06. The van der Waals surface area contributed by atoms with Crippen LogP contribution >= 0.6 is 0 Å². The normalized spacial score (nSPS) is 16.8. The molecule has 1 aromatic heterocycles. The fraction of sp³-hybridized carbons (Fsp3) is 0.474. The van der Waals surface area contributed by atoms with Gasteiger partial charge in [0.25, 0.3) is 0 Å². The highest BCUT2D eigenvalue weighted by Gasteiger charge is 2.26. The first-order valence-corrected chi connectivity index (χ1v) is 9.04. The highest BCUT2D eigenvalue weighted by molar-refractivity contribution is 5.74. The van der Waals surface area contributed by atoms with Crippen molar-refractivity contribution in [2.45, 2.75) is 38.4 Å². The van der Waals surface area contributed by atoms with Crippen molar-refractivity contribution in [3.63, 3.8) is 0 Å². The number of fused-ring (bicyclic) bond motifs is 1. The molecule has 0 radical (unpaired) electrons. The predicted octanol–water partition coefficient (Wildman–Crippen LogP) is 2.89. The molecule has 7 heteroatoms. The monoisotopic (exact) mass is 356 g/mol. The quantitative estimate of drug-likeness (QED) is 0.894. The van der Waals surface area contributed by atoms with Gasteiger partial charge in [-0.15, -0.1) is 0 Å². The molecule has 2 amide bonds. The zero-order chi connectivity index (χ0) is 18.1. The summed E-state index contributed by atoms with van der Waals surface area (Å²) < 4.78 is 13.4. The number of ether oxygens (including phenoxy) is 2. The van der Waals surface area contributed by atoms with Crippen LogP contribution in [0.4, 0.5) is 4.79 Å². The Kier molecular flexibility index (Phi) is 4.44. The van der Waals surface area contributed by atoms with Crippen molar-refractivity contribution in [3.05, 3.63) is 42.0 Å². The molecule has 4 rings (SSSR count). The van der Waals surface area contributed by atoms with Crippen molar-refractivity contribution in [3.8, 4) is 11.5 Å². The zero-order valence-electron chi connectivity index (χ0n) is 15.1. The Morgan fingerprint density at radius 2 is 2.12 bits per heavy atom. The molecule has 0 spiro atoms. The molecule has 1 aromatic carbocycles. The first kappa shape index (κ1) is 16.8. The summed E-state index contributed by atoms with van der Waals surface area (Å²) in [6.45, 7) is 3.60. The number of carbonyl (C=O) groups excluding carboxylic acids is 1. The lowest BCUT2D eigenvalue weighted by Crippen LogP contribution is -2.38. The summed E-state index contributed by atoms with van der Waals surface area (Å²) in [5.41, 5.74) is 2.05. The molecule has 7 nitrogen and oxygen atoms in total. The van der Waals surface area contributed by atoms with E-state index in [0.717, 1.165) is 22.8 Å². The Balaban J connectivity index is 1.38. The van der Waals surface area contributed by atoms with Crippen molar-refractivity contribution in [1.29, 1.82) is 0 Å². The highest BCUT2D eigenvalue weighted by Crippen LogP contribution is 2.36. The largest absolute Gasteiger partial charge is 0.486 e. The SMILES string of the molecule is CC(c1ccc2c(c1)OCCO2)N(C)C(=O)NCc1cncn1C1CC1. The second kappa shape index (κ2) is 6.90. The molecule has 0 bridgehead atoms. The van der Waals surface area contributed by atoms with Crippen LogP contribution in [0.5, 0.6) is 11.5 Å². The Bertz CT molecular complexity index is 800. The predicted molar refractivity (Wildman–Crippen MR) is 96.3 cm³/mol. The lowest BCUT2D eigenvalue weighted by atomic mass is 10.1. The minimum atomic E-state index is -0.115. The summed E-state index contributed by atoms with van der Waals surface area (Å²) in [5.74, 6) is 1.50. The number of imidazole rings is 1. The van der Waals surface area contributed by atoms with Gasteiger partial charge in [0.05, 0.1) is 24.6 Å². The Labute approximate surface area is 152 Å². The van der Waals surface area contributed by atoms with Crippen LogP contribution < -0.4 is 14.8 Å². The van der Waals surface area contributed by atoms with E-state index in [9.17, 15) is 4.79 Å². The second-order valence-electron chi connectivity index (χ2n) is 6.87. The topological polar surface area (TPSA) is 68.6 Å². The van der Waals surface area contributed by atoms with Gasteiger partial charge in [-0.1, -0.05) is 6.07 Å². The number of carbonyl (C=O) groups is 1. The summed E-state index contributed by atoms with van der Waals surface area (Å²) in [5, 5.41) is 2.99. The van der Waals surface area contributed by atoms with Crippen molar-refractivity contribution < 1.29 is 14.3 Å². The lowest BCUT2D eigenvalue weighted by molar-refractivity contribution is 0.170. The molecule has 1 aliphatic carbocycles. The van der Waals surface area contributed by atoms with Crippen molar-refractivity contribution in [2.75, 3.05) is 20.3 Å². The van der Waals surface area contributed by atoms with E-state index in [1.165, 1.54) is 12.8 Å². The highest BCUT2D eigenvalue weighted by atomic mass is 16.6. The maximum atomic E-state index is 12.6. The number of urea groups is 1. The van der Waals surface area contributed by atoms with Gasteiger partial charge in [-0.25, -0.2) is 9.78 Å². The number of nitrogens with zero attached hydrogens (tertiary/aromatic N) is 3. The van der Waals surface area contributed by atoms with Crippen LogP contribution in [-0.2, 0) is 6.54 Å². The van der Waals surface area contributed by atoms with Crippen LogP contribution in [0.2, 0.25) is 0 Å². The first-order chi connectivity index (χ1) is 12.6. The van der Waals surface area contributed by atoms with E-state index in [1.54, 1.807) is 11.9 Å². The van der Waals surface area contributed by atoms with Crippen molar-refractivity contribution in [1.82, 2.24) is 19.8 Å². The number of amides is 2. The standard InChI is InChI=1S/C19H24N4O3/c1-13(14-3-6-17-18(9-14)26-8-7-25-17)22(2)19(24)21-11-16-10-20-12-23(16)15-4-5-15/h3,6,9-10,12-13,15H,4-5,7-8,11H2,1-2H3,(H,21,24). The van der Waals surface area contributed by atoms with Gasteiger partial charge in [0.2, 0.25) is 0 Å². The van der Waals surface area contributed by atoms with Gasteiger partial charge in [0, 0.05) is 19.3 Å². The Morgan fingerprint density at radius 1 is 1.35 bits per heavy atom. The van der Waals surface area contributed by atoms with Gasteiger partial charge < -0.3 is 24.3 Å². The Hall–Kier alpha value is -2.70. The molecule has 1 saturated carbocycles. The van der Waals surface area contributed by atoms with E-state index in [0.29, 0.717) is 25.8 Å². The molecule has 0 saturated heterocycles. The molecule has 138 valence electrons. The fourth-order valence-corrected chi connectivity index (χ4v) is 3.16. The molecule has 1 fully saturated rings. The van der Waals surface area contributed by atoms with Gasteiger partial charge in [-0.05, 0) is 37.5 Å². The average molecular weight is 356 g/mol. The van der Waals surface area contributed by atoms with Crippen LogP contribution in [0.1, 0.15) is 43.1 Å². The lowest BCUT2D eigenvalue weighted by Gasteiger charge is -2.27. The summed E-state index contributed by atoms with van der Waals surface area (Å²) in [6, 6.07) is 6.18. The van der Waals surface area contributed by atoms with E-state index in [4.69, 9.17) is 9.47 Å². The molecular weight excluding hydrogens is 332 g/mol. The third-order valence-electron chi connectivity index (χ3n) is 5.06. The van der Waals surface area contributed by atoms with Crippen LogP contribution in [0.25, 0.3) is 0 Å². The van der Waals surface area contributed by atoms with Gasteiger partial charge in [0.1, 0.15) is 13.2 Å². The maximum absolute atomic E-state index is 12.6. The van der Waals surface area contributed by atoms with E-state index in [1.807, 2.05) is 37.6 Å². The molecule has 1 aliphatic heterocycles. The summed E-state index contributed by atoms with van der Waals surface area (Å²) in [7, 11) is 1.80. The minimum Gasteiger partial charge on any atom is -0.486 e. The van der Waals surface area contributed by atoms with Crippen LogP contribution in [0, 0.1) is 0 Å². The van der Waals surface area contributed by atoms with Gasteiger partial charge >= 0.3 is 6.03 Å². The van der Waals surface area contributed by atoms with Crippen LogP contribution in [0.15, 0.2) is 30.7 Å². The average Bonchev–Trinajstić information content (AvgIpc) is 3.42. The van der Waals surface area contributed by atoms with Crippen molar-refractivity contribution in [2.24, 2.45) is 0 Å². The number of benzene rings is 1. The second-order valence-corrected chi connectivity index (χ2v) is 6.87. The van der Waals surface area contributed by atoms with Crippen LogP contribution in [-0.4, -0.2) is 40.7 Å². The summed E-state index contributed by atoms with van der Waals surface area (Å²) in [4.78, 5) is 18.5. The van der Waals surface area contributed by atoms with E-state index < -0.39 is 0 Å². The molecule has 1 unspecified atom stereocenters. The molecule has 1 atom stereocenters. The number of aromatic nitrogens is 2. The number of rotatable bonds is 5. The smallest absolute Gasteiger partial charge is 0.317 e. The van der Waals surface area contributed by atoms with Gasteiger partial charge in [-0.2, -0.15) is 0 Å². The van der Waals surface area contributed by atoms with Crippen LogP contribution in [0.3, 0.4) is 0 Å². The molecule has 2 aromatic rings. The van der Waals surface area contributed by atoms with Crippen molar-refractivity contribution >= 4 is 6.03 Å².